The number of furan rings is 1. The third kappa shape index (κ3) is 2.61. The van der Waals surface area contributed by atoms with E-state index in [1.165, 1.54) is 6.26 Å². The summed E-state index contributed by atoms with van der Waals surface area (Å²) in [6.07, 6.45) is 6.35. The van der Waals surface area contributed by atoms with Crippen LogP contribution >= 0.6 is 0 Å². The van der Waals surface area contributed by atoms with E-state index in [1.807, 2.05) is 0 Å². The fraction of sp³-hybridized carbons (Fsp3) is 0.438. The Kier molecular flexibility index (Phi) is 3.19. The highest BCUT2D eigenvalue weighted by Crippen LogP contribution is 2.38. The van der Waals surface area contributed by atoms with Gasteiger partial charge in [-0.05, 0) is 31.4 Å². The molecule has 25 heavy (non-hydrogen) atoms. The Morgan fingerprint density at radius 1 is 1.28 bits per heavy atom. The molecule has 3 aromatic rings. The minimum absolute atomic E-state index is 0.0750. The Balaban J connectivity index is 1.29. The molecule has 1 amide bonds. The zero-order valence-corrected chi connectivity index (χ0v) is 13.4. The van der Waals surface area contributed by atoms with Gasteiger partial charge in [-0.1, -0.05) is 10.4 Å². The van der Waals surface area contributed by atoms with Gasteiger partial charge in [0, 0.05) is 19.0 Å². The summed E-state index contributed by atoms with van der Waals surface area (Å²) in [5.74, 6) is 1.84. The smallest absolute Gasteiger partial charge is 0.289 e. The number of amides is 1. The standard InChI is InChI=1S/C16H16N6O3/c23-16(13-2-1-7-24-13)21-6-5-11(8-21)22-9-12(18-20-22)15-17-14(19-25-15)10-3-4-10/h1-2,7,9-11H,3-6,8H2. The highest BCUT2D eigenvalue weighted by atomic mass is 16.5. The van der Waals surface area contributed by atoms with Crippen LogP contribution in [0.2, 0.25) is 0 Å². The monoisotopic (exact) mass is 340 g/mol. The molecule has 5 rings (SSSR count). The van der Waals surface area contributed by atoms with E-state index in [-0.39, 0.29) is 11.9 Å². The fourth-order valence-electron chi connectivity index (χ4n) is 3.10. The molecule has 2 aliphatic rings. The SMILES string of the molecule is O=C(c1ccco1)N1CCC(n2cc(-c3nc(C4CC4)no3)nn2)C1. The maximum Gasteiger partial charge on any atom is 0.289 e. The average molecular weight is 340 g/mol. The molecule has 1 aliphatic carbocycles. The van der Waals surface area contributed by atoms with Gasteiger partial charge in [-0.3, -0.25) is 4.79 Å². The number of rotatable bonds is 4. The van der Waals surface area contributed by atoms with Gasteiger partial charge in [0.25, 0.3) is 11.8 Å². The number of hydrogen-bond acceptors (Lipinski definition) is 7. The van der Waals surface area contributed by atoms with Crippen molar-refractivity contribution >= 4 is 5.91 Å². The number of carbonyl (C=O) groups excluding carboxylic acids is 1. The molecular formula is C16H16N6O3. The summed E-state index contributed by atoms with van der Waals surface area (Å²) in [7, 11) is 0. The highest BCUT2D eigenvalue weighted by molar-refractivity contribution is 5.91. The molecule has 0 radical (unpaired) electrons. The minimum Gasteiger partial charge on any atom is -0.459 e. The first kappa shape index (κ1) is 14.4. The predicted molar refractivity (Wildman–Crippen MR) is 83.6 cm³/mol. The molecular weight excluding hydrogens is 324 g/mol. The zero-order valence-electron chi connectivity index (χ0n) is 13.4. The van der Waals surface area contributed by atoms with Crippen LogP contribution < -0.4 is 0 Å². The Morgan fingerprint density at radius 3 is 3.00 bits per heavy atom. The maximum atomic E-state index is 12.3. The average Bonchev–Trinajstić information content (AvgIpc) is 3.16. The van der Waals surface area contributed by atoms with Crippen LogP contribution in [0.3, 0.4) is 0 Å². The highest BCUT2D eigenvalue weighted by Gasteiger charge is 2.31. The summed E-state index contributed by atoms with van der Waals surface area (Å²) in [5, 5.41) is 12.3. The van der Waals surface area contributed by atoms with Gasteiger partial charge < -0.3 is 13.8 Å². The first-order valence-corrected chi connectivity index (χ1v) is 8.36. The molecule has 9 heteroatoms. The van der Waals surface area contributed by atoms with E-state index in [2.05, 4.69) is 20.5 Å². The van der Waals surface area contributed by atoms with Crippen molar-refractivity contribution in [1.82, 2.24) is 30.0 Å². The summed E-state index contributed by atoms with van der Waals surface area (Å²) in [4.78, 5) is 18.5. The topological polar surface area (TPSA) is 103 Å². The zero-order chi connectivity index (χ0) is 16.8. The molecule has 3 aromatic heterocycles. The molecule has 4 heterocycles. The van der Waals surface area contributed by atoms with E-state index in [1.54, 1.807) is 27.9 Å². The summed E-state index contributed by atoms with van der Waals surface area (Å²) < 4.78 is 12.2. The lowest BCUT2D eigenvalue weighted by Gasteiger charge is -2.14. The van der Waals surface area contributed by atoms with Crippen molar-refractivity contribution < 1.29 is 13.7 Å². The lowest BCUT2D eigenvalue weighted by Crippen LogP contribution is -2.28. The molecule has 1 saturated carbocycles. The normalized spacial score (nSPS) is 20.3. The van der Waals surface area contributed by atoms with Crippen LogP contribution in [-0.4, -0.2) is 49.0 Å². The van der Waals surface area contributed by atoms with Crippen molar-refractivity contribution in [1.29, 1.82) is 0 Å². The summed E-state index contributed by atoms with van der Waals surface area (Å²) in [6, 6.07) is 3.46. The second-order valence-corrected chi connectivity index (χ2v) is 6.49. The Hall–Kier alpha value is -2.97. The molecule has 9 nitrogen and oxygen atoms in total. The van der Waals surface area contributed by atoms with Gasteiger partial charge in [0.1, 0.15) is 0 Å². The van der Waals surface area contributed by atoms with Gasteiger partial charge >= 0.3 is 0 Å². The van der Waals surface area contributed by atoms with Gasteiger partial charge in [0.15, 0.2) is 17.3 Å². The molecule has 0 bridgehead atoms. The molecule has 0 aromatic carbocycles. The van der Waals surface area contributed by atoms with E-state index in [0.29, 0.717) is 36.4 Å². The Labute approximate surface area is 142 Å². The van der Waals surface area contributed by atoms with Crippen LogP contribution in [-0.2, 0) is 0 Å². The van der Waals surface area contributed by atoms with Gasteiger partial charge in [0.05, 0.1) is 18.5 Å². The van der Waals surface area contributed by atoms with Crippen LogP contribution in [0.25, 0.3) is 11.6 Å². The van der Waals surface area contributed by atoms with Crippen LogP contribution in [0.5, 0.6) is 0 Å². The quantitative estimate of drug-likeness (QED) is 0.714. The van der Waals surface area contributed by atoms with Crippen molar-refractivity contribution in [3.05, 3.63) is 36.2 Å². The van der Waals surface area contributed by atoms with Gasteiger partial charge in [0.2, 0.25) is 0 Å². The number of aromatic nitrogens is 5. The second-order valence-electron chi connectivity index (χ2n) is 6.49. The van der Waals surface area contributed by atoms with Crippen LogP contribution in [0.4, 0.5) is 0 Å². The summed E-state index contributed by atoms with van der Waals surface area (Å²) in [6.45, 7) is 1.23. The first-order valence-electron chi connectivity index (χ1n) is 8.36. The number of likely N-dealkylation sites (tertiary alicyclic amines) is 1. The Morgan fingerprint density at radius 2 is 2.20 bits per heavy atom. The van der Waals surface area contributed by atoms with Crippen LogP contribution in [0.1, 0.15) is 47.6 Å². The lowest BCUT2D eigenvalue weighted by molar-refractivity contribution is 0.0755. The van der Waals surface area contributed by atoms with Gasteiger partial charge in [-0.2, -0.15) is 4.98 Å². The molecule has 1 unspecified atom stereocenters. The van der Waals surface area contributed by atoms with Crippen molar-refractivity contribution in [3.63, 3.8) is 0 Å². The summed E-state index contributed by atoms with van der Waals surface area (Å²) in [5.41, 5.74) is 0.565. The third-order valence-corrected chi connectivity index (χ3v) is 4.67. The van der Waals surface area contributed by atoms with Crippen LogP contribution in [0.15, 0.2) is 33.5 Å². The van der Waals surface area contributed by atoms with Crippen LogP contribution in [0, 0.1) is 0 Å². The van der Waals surface area contributed by atoms with E-state index in [0.717, 1.165) is 25.1 Å². The molecule has 2 fully saturated rings. The van der Waals surface area contributed by atoms with Crippen molar-refractivity contribution in [3.8, 4) is 11.6 Å². The predicted octanol–water partition coefficient (Wildman–Crippen LogP) is 1.89. The summed E-state index contributed by atoms with van der Waals surface area (Å²) >= 11 is 0. The maximum absolute atomic E-state index is 12.3. The molecule has 1 atom stereocenters. The van der Waals surface area contributed by atoms with E-state index >= 15 is 0 Å². The fourth-order valence-corrected chi connectivity index (χ4v) is 3.10. The van der Waals surface area contributed by atoms with Crippen molar-refractivity contribution in [2.75, 3.05) is 13.1 Å². The van der Waals surface area contributed by atoms with E-state index < -0.39 is 0 Å². The molecule has 0 N–H and O–H groups in total. The number of hydrogen-bond donors (Lipinski definition) is 0. The van der Waals surface area contributed by atoms with Crippen molar-refractivity contribution in [2.45, 2.75) is 31.2 Å². The van der Waals surface area contributed by atoms with E-state index in [9.17, 15) is 4.79 Å². The van der Waals surface area contributed by atoms with Gasteiger partial charge in [-0.25, -0.2) is 4.68 Å². The van der Waals surface area contributed by atoms with E-state index in [4.69, 9.17) is 8.94 Å². The minimum atomic E-state index is -0.0983. The number of carbonyl (C=O) groups is 1. The largest absolute Gasteiger partial charge is 0.459 e. The molecule has 1 saturated heterocycles. The van der Waals surface area contributed by atoms with Gasteiger partial charge in [-0.15, -0.1) is 5.10 Å². The molecule has 128 valence electrons. The first-order chi connectivity index (χ1) is 12.3. The second kappa shape index (κ2) is 5.54. The number of nitrogens with zero attached hydrogens (tertiary/aromatic N) is 6. The lowest BCUT2D eigenvalue weighted by atomic mass is 10.3. The Bertz CT molecular complexity index is 895. The van der Waals surface area contributed by atoms with Crippen molar-refractivity contribution in [2.24, 2.45) is 0 Å². The molecule has 1 aliphatic heterocycles. The molecule has 0 spiro atoms. The third-order valence-electron chi connectivity index (χ3n) is 4.67.